The highest BCUT2D eigenvalue weighted by atomic mass is 16.3. The maximum Gasteiger partial charge on any atom is 0.116 e. The van der Waals surface area contributed by atoms with Crippen molar-refractivity contribution in [1.29, 1.82) is 0 Å². The SMILES string of the molecule is Cc1cc(C)c(Cc2c(C(C)(C)C)cc(O)cc2C(C)(C)C)c(C)c1. The van der Waals surface area contributed by atoms with E-state index in [1.807, 2.05) is 12.1 Å². The van der Waals surface area contributed by atoms with Crippen molar-refractivity contribution in [2.75, 3.05) is 0 Å². The van der Waals surface area contributed by atoms with E-state index in [0.717, 1.165) is 6.42 Å². The average molecular weight is 339 g/mol. The summed E-state index contributed by atoms with van der Waals surface area (Å²) in [4.78, 5) is 0. The lowest BCUT2D eigenvalue weighted by Crippen LogP contribution is -2.21. The van der Waals surface area contributed by atoms with E-state index in [4.69, 9.17) is 0 Å². The summed E-state index contributed by atoms with van der Waals surface area (Å²) >= 11 is 0. The molecule has 2 aromatic rings. The zero-order valence-corrected chi connectivity index (χ0v) is 17.5. The minimum atomic E-state index is -0.0133. The summed E-state index contributed by atoms with van der Waals surface area (Å²) in [5, 5.41) is 10.4. The van der Waals surface area contributed by atoms with Crippen LogP contribution in [0.3, 0.4) is 0 Å². The summed E-state index contributed by atoms with van der Waals surface area (Å²) in [7, 11) is 0. The van der Waals surface area contributed by atoms with Crippen LogP contribution in [0.1, 0.15) is 80.5 Å². The van der Waals surface area contributed by atoms with Crippen LogP contribution in [0.4, 0.5) is 0 Å². The van der Waals surface area contributed by atoms with E-state index in [1.165, 1.54) is 38.9 Å². The first-order valence-electron chi connectivity index (χ1n) is 9.24. The molecule has 25 heavy (non-hydrogen) atoms. The first-order chi connectivity index (χ1) is 11.3. The molecule has 0 heterocycles. The quantitative estimate of drug-likeness (QED) is 0.662. The molecule has 136 valence electrons. The largest absolute Gasteiger partial charge is 0.508 e. The van der Waals surface area contributed by atoms with Crippen LogP contribution < -0.4 is 0 Å². The van der Waals surface area contributed by atoms with Gasteiger partial charge in [-0.05, 0) is 83.5 Å². The molecular formula is C24H34O. The van der Waals surface area contributed by atoms with Gasteiger partial charge in [-0.2, -0.15) is 0 Å². The zero-order valence-electron chi connectivity index (χ0n) is 17.5. The standard InChI is InChI=1S/C24H34O/c1-15-10-16(2)19(17(3)11-15)14-20-21(23(4,5)6)12-18(25)13-22(20)24(7,8)9/h10-13,25H,14H2,1-9H3. The van der Waals surface area contributed by atoms with Gasteiger partial charge in [0.05, 0.1) is 0 Å². The van der Waals surface area contributed by atoms with Gasteiger partial charge >= 0.3 is 0 Å². The summed E-state index contributed by atoms with van der Waals surface area (Å²) in [6.07, 6.45) is 0.914. The molecule has 0 fully saturated rings. The Morgan fingerprint density at radius 1 is 0.680 bits per heavy atom. The lowest BCUT2D eigenvalue weighted by atomic mass is 9.74. The molecule has 1 N–H and O–H groups in total. The van der Waals surface area contributed by atoms with E-state index in [9.17, 15) is 5.11 Å². The van der Waals surface area contributed by atoms with Crippen molar-refractivity contribution < 1.29 is 5.11 Å². The van der Waals surface area contributed by atoms with Gasteiger partial charge in [-0.25, -0.2) is 0 Å². The Bertz CT molecular complexity index is 725. The minimum Gasteiger partial charge on any atom is -0.508 e. The van der Waals surface area contributed by atoms with Crippen LogP contribution in [-0.2, 0) is 17.3 Å². The smallest absolute Gasteiger partial charge is 0.116 e. The Labute approximate surface area is 154 Å². The van der Waals surface area contributed by atoms with E-state index in [-0.39, 0.29) is 10.8 Å². The van der Waals surface area contributed by atoms with Crippen molar-refractivity contribution in [2.45, 2.75) is 79.6 Å². The summed E-state index contributed by atoms with van der Waals surface area (Å²) in [5.74, 6) is 0.371. The molecule has 2 aromatic carbocycles. The fourth-order valence-electron chi connectivity index (χ4n) is 3.85. The number of hydrogen-bond donors (Lipinski definition) is 1. The summed E-state index contributed by atoms with van der Waals surface area (Å²) in [6, 6.07) is 8.47. The highest BCUT2D eigenvalue weighted by Crippen LogP contribution is 2.39. The van der Waals surface area contributed by atoms with E-state index in [2.05, 4.69) is 74.4 Å². The highest BCUT2D eigenvalue weighted by Gasteiger charge is 2.27. The van der Waals surface area contributed by atoms with Gasteiger partial charge in [-0.15, -0.1) is 0 Å². The zero-order chi connectivity index (χ0) is 19.2. The number of rotatable bonds is 2. The van der Waals surface area contributed by atoms with Gasteiger partial charge in [0, 0.05) is 0 Å². The van der Waals surface area contributed by atoms with Crippen molar-refractivity contribution in [2.24, 2.45) is 0 Å². The van der Waals surface area contributed by atoms with Crippen molar-refractivity contribution >= 4 is 0 Å². The third-order valence-corrected chi connectivity index (χ3v) is 5.04. The van der Waals surface area contributed by atoms with Crippen molar-refractivity contribution in [3.8, 4) is 5.75 Å². The molecule has 0 saturated carbocycles. The molecule has 0 aromatic heterocycles. The maximum absolute atomic E-state index is 10.4. The first kappa shape index (κ1) is 19.6. The predicted molar refractivity (Wildman–Crippen MR) is 109 cm³/mol. The van der Waals surface area contributed by atoms with E-state index in [0.29, 0.717) is 5.75 Å². The summed E-state index contributed by atoms with van der Waals surface area (Å²) in [6.45, 7) is 20.0. The fraction of sp³-hybridized carbons (Fsp3) is 0.500. The topological polar surface area (TPSA) is 20.2 Å². The third kappa shape index (κ3) is 4.26. The Morgan fingerprint density at radius 2 is 1.08 bits per heavy atom. The molecule has 1 nitrogen and oxygen atoms in total. The molecule has 0 atom stereocenters. The molecule has 0 spiro atoms. The van der Waals surface area contributed by atoms with Crippen LogP contribution in [0.25, 0.3) is 0 Å². The fourth-order valence-corrected chi connectivity index (χ4v) is 3.85. The molecule has 0 amide bonds. The average Bonchev–Trinajstić information content (AvgIpc) is 2.41. The van der Waals surface area contributed by atoms with Gasteiger partial charge in [0.1, 0.15) is 5.75 Å². The second kappa shape index (κ2) is 6.52. The van der Waals surface area contributed by atoms with Gasteiger partial charge in [0.15, 0.2) is 0 Å². The van der Waals surface area contributed by atoms with Gasteiger partial charge < -0.3 is 5.11 Å². The van der Waals surface area contributed by atoms with Crippen LogP contribution in [0.5, 0.6) is 5.75 Å². The van der Waals surface area contributed by atoms with Gasteiger partial charge in [-0.1, -0.05) is 59.2 Å². The summed E-state index contributed by atoms with van der Waals surface area (Å²) < 4.78 is 0. The maximum atomic E-state index is 10.4. The molecule has 0 aliphatic heterocycles. The second-order valence-corrected chi connectivity index (χ2v) is 9.57. The number of aryl methyl sites for hydroxylation is 3. The van der Waals surface area contributed by atoms with Gasteiger partial charge in [0.25, 0.3) is 0 Å². The Balaban J connectivity index is 2.75. The summed E-state index contributed by atoms with van der Waals surface area (Å²) in [5.41, 5.74) is 9.27. The van der Waals surface area contributed by atoms with Crippen LogP contribution in [0.15, 0.2) is 24.3 Å². The molecule has 0 aliphatic rings. The van der Waals surface area contributed by atoms with E-state index < -0.39 is 0 Å². The second-order valence-electron chi connectivity index (χ2n) is 9.57. The van der Waals surface area contributed by atoms with Gasteiger partial charge in [0.2, 0.25) is 0 Å². The third-order valence-electron chi connectivity index (χ3n) is 5.04. The lowest BCUT2D eigenvalue weighted by molar-refractivity contribution is 0.464. The number of phenolic OH excluding ortho intramolecular Hbond substituents is 1. The van der Waals surface area contributed by atoms with Gasteiger partial charge in [-0.3, -0.25) is 0 Å². The minimum absolute atomic E-state index is 0.0133. The molecular weight excluding hydrogens is 304 g/mol. The van der Waals surface area contributed by atoms with Crippen LogP contribution in [0, 0.1) is 20.8 Å². The molecule has 0 bridgehead atoms. The Hall–Kier alpha value is -1.76. The first-order valence-corrected chi connectivity index (χ1v) is 9.24. The van der Waals surface area contributed by atoms with Crippen molar-refractivity contribution in [1.82, 2.24) is 0 Å². The number of benzene rings is 2. The van der Waals surface area contributed by atoms with Crippen LogP contribution >= 0.6 is 0 Å². The van der Waals surface area contributed by atoms with Crippen LogP contribution in [0.2, 0.25) is 0 Å². The Kier molecular flexibility index (Phi) is 5.10. The Morgan fingerprint density at radius 3 is 1.44 bits per heavy atom. The number of aromatic hydroxyl groups is 1. The van der Waals surface area contributed by atoms with Crippen molar-refractivity contribution in [3.05, 3.63) is 63.2 Å². The molecule has 0 unspecified atom stereocenters. The lowest BCUT2D eigenvalue weighted by Gasteiger charge is -2.31. The van der Waals surface area contributed by atoms with E-state index in [1.54, 1.807) is 0 Å². The van der Waals surface area contributed by atoms with Crippen molar-refractivity contribution in [3.63, 3.8) is 0 Å². The van der Waals surface area contributed by atoms with Crippen LogP contribution in [-0.4, -0.2) is 5.11 Å². The molecule has 0 aliphatic carbocycles. The predicted octanol–water partition coefficient (Wildman–Crippen LogP) is 6.50. The molecule has 0 saturated heterocycles. The number of phenols is 1. The highest BCUT2D eigenvalue weighted by molar-refractivity contribution is 5.51. The molecule has 0 radical (unpaired) electrons. The van der Waals surface area contributed by atoms with E-state index >= 15 is 0 Å². The molecule has 2 rings (SSSR count). The molecule has 1 heteroatoms. The monoisotopic (exact) mass is 338 g/mol. The number of hydrogen-bond acceptors (Lipinski definition) is 1. The normalized spacial score (nSPS) is 12.5.